The van der Waals surface area contributed by atoms with Crippen molar-refractivity contribution < 1.29 is 9.53 Å². The van der Waals surface area contributed by atoms with E-state index in [4.69, 9.17) is 9.72 Å². The zero-order valence-corrected chi connectivity index (χ0v) is 18.3. The van der Waals surface area contributed by atoms with Gasteiger partial charge in [0.25, 0.3) is 0 Å². The van der Waals surface area contributed by atoms with Crippen LogP contribution in [0.25, 0.3) is 0 Å². The molecule has 31 heavy (non-hydrogen) atoms. The number of hydrogen-bond acceptors (Lipinski definition) is 5. The molecule has 0 radical (unpaired) electrons. The fraction of sp³-hybridized carbons (Fsp3) is 0.280. The van der Waals surface area contributed by atoms with E-state index < -0.39 is 6.09 Å². The monoisotopic (exact) mass is 418 g/mol. The summed E-state index contributed by atoms with van der Waals surface area (Å²) in [7, 11) is 0. The molecule has 3 N–H and O–H groups in total. The van der Waals surface area contributed by atoms with Crippen LogP contribution < -0.4 is 16.0 Å². The van der Waals surface area contributed by atoms with Gasteiger partial charge in [-0.05, 0) is 50.5 Å². The Morgan fingerprint density at radius 2 is 1.61 bits per heavy atom. The second-order valence-corrected chi connectivity index (χ2v) is 7.53. The SMILES string of the molecule is CCOC(=O)Nc1ccc(NC(Cc2ccccc2)c2ccccc2)nc1NC(C)C. The normalized spacial score (nSPS) is 11.6. The van der Waals surface area contributed by atoms with Crippen molar-refractivity contribution in [2.45, 2.75) is 39.3 Å². The van der Waals surface area contributed by atoms with Crippen LogP contribution in [0.3, 0.4) is 0 Å². The van der Waals surface area contributed by atoms with Crippen LogP contribution in [0, 0.1) is 0 Å². The van der Waals surface area contributed by atoms with Crippen molar-refractivity contribution in [2.75, 3.05) is 22.6 Å². The highest BCUT2D eigenvalue weighted by molar-refractivity contribution is 5.88. The Labute approximate surface area is 184 Å². The largest absolute Gasteiger partial charge is 0.450 e. The van der Waals surface area contributed by atoms with E-state index in [1.807, 2.05) is 50.2 Å². The van der Waals surface area contributed by atoms with Gasteiger partial charge >= 0.3 is 6.09 Å². The highest BCUT2D eigenvalue weighted by atomic mass is 16.5. The number of carbonyl (C=O) groups excluding carboxylic acids is 1. The van der Waals surface area contributed by atoms with E-state index in [1.165, 1.54) is 11.1 Å². The van der Waals surface area contributed by atoms with Crippen molar-refractivity contribution in [1.29, 1.82) is 0 Å². The number of nitrogens with one attached hydrogen (secondary N) is 3. The summed E-state index contributed by atoms with van der Waals surface area (Å²) in [5.41, 5.74) is 3.00. The van der Waals surface area contributed by atoms with Gasteiger partial charge in [0.05, 0.1) is 18.3 Å². The maximum Gasteiger partial charge on any atom is 0.411 e. The molecule has 1 heterocycles. The molecule has 0 saturated heterocycles. The third-order valence-corrected chi connectivity index (χ3v) is 4.64. The first-order valence-corrected chi connectivity index (χ1v) is 10.6. The molecular formula is C25H30N4O2. The number of rotatable bonds is 9. The van der Waals surface area contributed by atoms with E-state index in [1.54, 1.807) is 6.92 Å². The van der Waals surface area contributed by atoms with E-state index in [0.717, 1.165) is 12.2 Å². The van der Waals surface area contributed by atoms with Crippen molar-refractivity contribution >= 4 is 23.4 Å². The van der Waals surface area contributed by atoms with Gasteiger partial charge in [0.1, 0.15) is 5.82 Å². The van der Waals surface area contributed by atoms with E-state index in [0.29, 0.717) is 18.1 Å². The molecule has 3 aromatic rings. The number of anilines is 3. The van der Waals surface area contributed by atoms with Crippen LogP contribution in [0.1, 0.15) is 37.9 Å². The first kappa shape index (κ1) is 22.2. The Morgan fingerprint density at radius 1 is 0.935 bits per heavy atom. The van der Waals surface area contributed by atoms with Crippen LogP contribution >= 0.6 is 0 Å². The minimum Gasteiger partial charge on any atom is -0.450 e. The third kappa shape index (κ3) is 6.74. The summed E-state index contributed by atoms with van der Waals surface area (Å²) in [6, 6.07) is 24.6. The Morgan fingerprint density at radius 3 is 2.26 bits per heavy atom. The van der Waals surface area contributed by atoms with Crippen molar-refractivity contribution in [1.82, 2.24) is 4.98 Å². The molecule has 0 spiro atoms. The van der Waals surface area contributed by atoms with Gasteiger partial charge in [-0.2, -0.15) is 0 Å². The molecule has 0 aliphatic carbocycles. The number of hydrogen-bond donors (Lipinski definition) is 3. The molecular weight excluding hydrogens is 388 g/mol. The molecule has 0 saturated carbocycles. The number of amides is 1. The topological polar surface area (TPSA) is 75.3 Å². The quantitative estimate of drug-likeness (QED) is 0.405. The van der Waals surface area contributed by atoms with Crippen molar-refractivity contribution in [3.05, 3.63) is 83.9 Å². The Bertz CT molecular complexity index is 962. The number of nitrogens with zero attached hydrogens (tertiary/aromatic N) is 1. The van der Waals surface area contributed by atoms with Gasteiger partial charge in [-0.25, -0.2) is 9.78 Å². The lowest BCUT2D eigenvalue weighted by molar-refractivity contribution is 0.168. The lowest BCUT2D eigenvalue weighted by Gasteiger charge is -2.22. The number of benzene rings is 2. The van der Waals surface area contributed by atoms with Gasteiger partial charge in [0.15, 0.2) is 5.82 Å². The van der Waals surface area contributed by atoms with Crippen LogP contribution in [0.2, 0.25) is 0 Å². The molecule has 0 aliphatic rings. The van der Waals surface area contributed by atoms with E-state index in [2.05, 4.69) is 52.3 Å². The smallest absolute Gasteiger partial charge is 0.411 e. The fourth-order valence-corrected chi connectivity index (χ4v) is 3.27. The number of pyridine rings is 1. The standard InChI is InChI=1S/C25H30N4O2/c1-4-31-25(30)28-21-15-16-23(29-24(21)26-18(2)3)27-22(20-13-9-6-10-14-20)17-19-11-7-5-8-12-19/h5-16,18,22H,4,17H2,1-3H3,(H,28,30)(H2,26,27,29). The zero-order chi connectivity index (χ0) is 22.1. The van der Waals surface area contributed by atoms with Gasteiger partial charge in [0, 0.05) is 6.04 Å². The summed E-state index contributed by atoms with van der Waals surface area (Å²) in [4.78, 5) is 16.6. The van der Waals surface area contributed by atoms with Crippen molar-refractivity contribution in [3.8, 4) is 0 Å². The van der Waals surface area contributed by atoms with Gasteiger partial charge in [0.2, 0.25) is 0 Å². The molecule has 2 aromatic carbocycles. The maximum absolute atomic E-state index is 11.9. The molecule has 3 rings (SSSR count). The predicted molar refractivity (Wildman–Crippen MR) is 127 cm³/mol. The van der Waals surface area contributed by atoms with Crippen LogP contribution in [0.15, 0.2) is 72.8 Å². The molecule has 0 bridgehead atoms. The summed E-state index contributed by atoms with van der Waals surface area (Å²) < 4.78 is 5.00. The minimum atomic E-state index is -0.497. The van der Waals surface area contributed by atoms with Gasteiger partial charge < -0.3 is 15.4 Å². The molecule has 1 unspecified atom stereocenters. The first-order chi connectivity index (χ1) is 15.0. The highest BCUT2D eigenvalue weighted by Gasteiger charge is 2.16. The van der Waals surface area contributed by atoms with E-state index in [9.17, 15) is 4.79 Å². The lowest BCUT2D eigenvalue weighted by atomic mass is 9.99. The molecule has 0 aliphatic heterocycles. The molecule has 1 amide bonds. The van der Waals surface area contributed by atoms with Crippen LogP contribution in [0.5, 0.6) is 0 Å². The van der Waals surface area contributed by atoms with Gasteiger partial charge in [-0.3, -0.25) is 5.32 Å². The summed E-state index contributed by atoms with van der Waals surface area (Å²) in [6.07, 6.45) is 0.325. The average Bonchev–Trinajstić information content (AvgIpc) is 2.76. The van der Waals surface area contributed by atoms with Gasteiger partial charge in [-0.1, -0.05) is 60.7 Å². The predicted octanol–water partition coefficient (Wildman–Crippen LogP) is 5.87. The van der Waals surface area contributed by atoms with Gasteiger partial charge in [-0.15, -0.1) is 0 Å². The summed E-state index contributed by atoms with van der Waals surface area (Å²) in [5, 5.41) is 9.63. The second kappa shape index (κ2) is 11.0. The van der Waals surface area contributed by atoms with E-state index >= 15 is 0 Å². The fourth-order valence-electron chi connectivity index (χ4n) is 3.27. The molecule has 162 valence electrons. The van der Waals surface area contributed by atoms with Crippen LogP contribution in [0.4, 0.5) is 22.1 Å². The number of ether oxygens (including phenoxy) is 1. The number of aromatic nitrogens is 1. The molecule has 6 heteroatoms. The van der Waals surface area contributed by atoms with E-state index in [-0.39, 0.29) is 12.1 Å². The Kier molecular flexibility index (Phi) is 7.87. The number of carbonyl (C=O) groups is 1. The minimum absolute atomic E-state index is 0.0480. The van der Waals surface area contributed by atoms with Crippen LogP contribution in [-0.4, -0.2) is 23.7 Å². The molecule has 1 aromatic heterocycles. The molecule has 0 fully saturated rings. The van der Waals surface area contributed by atoms with Crippen LogP contribution in [-0.2, 0) is 11.2 Å². The summed E-state index contributed by atoms with van der Waals surface area (Å²) >= 11 is 0. The van der Waals surface area contributed by atoms with Crippen molar-refractivity contribution in [3.63, 3.8) is 0 Å². The average molecular weight is 419 g/mol. The summed E-state index contributed by atoms with van der Waals surface area (Å²) in [5.74, 6) is 1.32. The third-order valence-electron chi connectivity index (χ3n) is 4.64. The second-order valence-electron chi connectivity index (χ2n) is 7.53. The Balaban J connectivity index is 1.86. The Hall–Kier alpha value is -3.54. The first-order valence-electron chi connectivity index (χ1n) is 10.6. The molecule has 6 nitrogen and oxygen atoms in total. The highest BCUT2D eigenvalue weighted by Crippen LogP contribution is 2.27. The molecule has 1 atom stereocenters. The maximum atomic E-state index is 11.9. The summed E-state index contributed by atoms with van der Waals surface area (Å²) in [6.45, 7) is 6.13. The lowest BCUT2D eigenvalue weighted by Crippen LogP contribution is -2.19. The zero-order valence-electron chi connectivity index (χ0n) is 18.3. The van der Waals surface area contributed by atoms with Crippen molar-refractivity contribution in [2.24, 2.45) is 0 Å².